The zero-order valence-corrected chi connectivity index (χ0v) is 14.8. The number of benzene rings is 2. The van der Waals surface area contributed by atoms with Crippen molar-refractivity contribution in [1.29, 1.82) is 0 Å². The summed E-state index contributed by atoms with van der Waals surface area (Å²) in [7, 11) is 0. The highest BCUT2D eigenvalue weighted by Gasteiger charge is 2.41. The number of imide groups is 1. The fourth-order valence-corrected chi connectivity index (χ4v) is 3.08. The van der Waals surface area contributed by atoms with Crippen LogP contribution in [0.15, 0.2) is 42.5 Å². The molecule has 2 aromatic carbocycles. The Morgan fingerprint density at radius 1 is 1.04 bits per heavy atom. The van der Waals surface area contributed by atoms with E-state index in [1.54, 1.807) is 18.2 Å². The topological polar surface area (TPSA) is 99.2 Å². The quantitative estimate of drug-likeness (QED) is 0.443. The Hall–Kier alpha value is -3.68. The van der Waals surface area contributed by atoms with Gasteiger partial charge in [0, 0.05) is 5.56 Å². The van der Waals surface area contributed by atoms with Gasteiger partial charge in [0.2, 0.25) is 6.79 Å². The lowest BCUT2D eigenvalue weighted by Gasteiger charge is -2.20. The molecule has 0 fully saturated rings. The summed E-state index contributed by atoms with van der Waals surface area (Å²) in [6.07, 6.45) is 0. The van der Waals surface area contributed by atoms with Gasteiger partial charge in [-0.15, -0.1) is 0 Å². The molecule has 2 aromatic rings. The molecule has 2 amide bonds. The summed E-state index contributed by atoms with van der Waals surface area (Å²) in [5.74, 6) is -1.44. The van der Waals surface area contributed by atoms with Gasteiger partial charge in [0.25, 0.3) is 11.8 Å². The van der Waals surface area contributed by atoms with Gasteiger partial charge in [0.15, 0.2) is 23.9 Å². The third-order valence-corrected chi connectivity index (χ3v) is 4.59. The Labute approximate surface area is 159 Å². The molecule has 0 aromatic heterocycles. The minimum Gasteiger partial charge on any atom is -0.456 e. The highest BCUT2D eigenvalue weighted by Crippen LogP contribution is 2.32. The van der Waals surface area contributed by atoms with Crippen LogP contribution in [0.5, 0.6) is 11.5 Å². The molecular weight excluding hydrogens is 366 g/mol. The van der Waals surface area contributed by atoms with Crippen LogP contribution in [-0.4, -0.2) is 47.9 Å². The Balaban J connectivity index is 1.41. The van der Waals surface area contributed by atoms with Crippen LogP contribution in [0.2, 0.25) is 0 Å². The lowest BCUT2D eigenvalue weighted by molar-refractivity contribution is -0.146. The first-order valence-electron chi connectivity index (χ1n) is 8.54. The maximum Gasteiger partial charge on any atom is 0.329 e. The van der Waals surface area contributed by atoms with E-state index >= 15 is 0 Å². The number of nitrogens with zero attached hydrogens (tertiary/aromatic N) is 1. The molecule has 28 heavy (non-hydrogen) atoms. The first-order chi connectivity index (χ1) is 13.5. The molecule has 8 nitrogen and oxygen atoms in total. The number of amides is 2. The Bertz CT molecular complexity index is 978. The molecule has 0 radical (unpaired) electrons. The van der Waals surface area contributed by atoms with Crippen LogP contribution in [-0.2, 0) is 9.53 Å². The average molecular weight is 381 g/mol. The van der Waals surface area contributed by atoms with Crippen molar-refractivity contribution < 1.29 is 33.4 Å². The molecule has 0 unspecified atom stereocenters. The predicted octanol–water partition coefficient (Wildman–Crippen LogP) is 1.83. The Morgan fingerprint density at radius 3 is 2.36 bits per heavy atom. The number of hydrogen-bond donors (Lipinski definition) is 0. The number of carbonyl (C=O) groups is 4. The third-order valence-electron chi connectivity index (χ3n) is 4.59. The molecule has 1 atom stereocenters. The van der Waals surface area contributed by atoms with Crippen LogP contribution in [0, 0.1) is 0 Å². The molecular formula is C20H15NO7. The van der Waals surface area contributed by atoms with Gasteiger partial charge < -0.3 is 14.2 Å². The second kappa shape index (κ2) is 6.80. The predicted molar refractivity (Wildman–Crippen MR) is 94.3 cm³/mol. The number of Topliss-reactive ketones (excluding diaryl/α,β-unsaturated/α-hetero) is 1. The van der Waals surface area contributed by atoms with E-state index in [0.29, 0.717) is 17.1 Å². The Kier molecular flexibility index (Phi) is 4.31. The van der Waals surface area contributed by atoms with Gasteiger partial charge in [0.1, 0.15) is 6.04 Å². The molecule has 0 saturated heterocycles. The minimum atomic E-state index is -1.16. The number of fused-ring (bicyclic) bond motifs is 2. The summed E-state index contributed by atoms with van der Waals surface area (Å²) in [5, 5.41) is 0. The average Bonchev–Trinajstić information content (AvgIpc) is 3.28. The molecule has 2 aliphatic rings. The summed E-state index contributed by atoms with van der Waals surface area (Å²) in [5.41, 5.74) is 0.776. The first kappa shape index (κ1) is 17.7. The van der Waals surface area contributed by atoms with E-state index < -0.39 is 36.2 Å². The summed E-state index contributed by atoms with van der Waals surface area (Å²) < 4.78 is 15.4. The summed E-state index contributed by atoms with van der Waals surface area (Å²) in [6.45, 7) is 0.945. The van der Waals surface area contributed by atoms with E-state index in [0.717, 1.165) is 4.90 Å². The van der Waals surface area contributed by atoms with Gasteiger partial charge in [-0.1, -0.05) is 12.1 Å². The minimum absolute atomic E-state index is 0.0831. The van der Waals surface area contributed by atoms with Crippen molar-refractivity contribution in [1.82, 2.24) is 4.90 Å². The number of hydrogen-bond acceptors (Lipinski definition) is 7. The van der Waals surface area contributed by atoms with Crippen molar-refractivity contribution in [2.24, 2.45) is 0 Å². The molecule has 8 heteroatoms. The smallest absolute Gasteiger partial charge is 0.329 e. The van der Waals surface area contributed by atoms with Crippen LogP contribution in [0.4, 0.5) is 0 Å². The van der Waals surface area contributed by atoms with Crippen molar-refractivity contribution in [2.75, 3.05) is 13.4 Å². The maximum absolute atomic E-state index is 12.4. The van der Waals surface area contributed by atoms with Gasteiger partial charge in [-0.25, -0.2) is 4.79 Å². The second-order valence-electron chi connectivity index (χ2n) is 6.30. The highest BCUT2D eigenvalue weighted by atomic mass is 16.7. The highest BCUT2D eigenvalue weighted by molar-refractivity contribution is 6.22. The van der Waals surface area contributed by atoms with Crippen molar-refractivity contribution in [3.63, 3.8) is 0 Å². The normalized spacial score (nSPS) is 15.4. The molecule has 0 N–H and O–H groups in total. The zero-order valence-electron chi connectivity index (χ0n) is 14.8. The largest absolute Gasteiger partial charge is 0.456 e. The number of esters is 1. The SMILES string of the molecule is C[C@H](C(=O)OCC(=O)c1ccc2c(c1)OCO2)N1C(=O)c2ccccc2C1=O. The number of rotatable bonds is 5. The lowest BCUT2D eigenvalue weighted by atomic mass is 10.1. The van der Waals surface area contributed by atoms with E-state index in [1.807, 2.05) is 0 Å². The Morgan fingerprint density at radius 2 is 1.68 bits per heavy atom. The van der Waals surface area contributed by atoms with Crippen LogP contribution < -0.4 is 9.47 Å². The van der Waals surface area contributed by atoms with Crippen LogP contribution in [0.3, 0.4) is 0 Å². The summed E-state index contributed by atoms with van der Waals surface area (Å²) in [6, 6.07) is 9.81. The van der Waals surface area contributed by atoms with E-state index in [-0.39, 0.29) is 17.9 Å². The molecule has 0 saturated carbocycles. The van der Waals surface area contributed by atoms with Gasteiger partial charge >= 0.3 is 5.97 Å². The summed E-state index contributed by atoms with van der Waals surface area (Å²) >= 11 is 0. The molecule has 4 rings (SSSR count). The fraction of sp³-hybridized carbons (Fsp3) is 0.200. The molecule has 2 aliphatic heterocycles. The molecule has 0 spiro atoms. The first-order valence-corrected chi connectivity index (χ1v) is 8.54. The number of ether oxygens (including phenoxy) is 3. The van der Waals surface area contributed by atoms with Gasteiger partial charge in [-0.2, -0.15) is 0 Å². The van der Waals surface area contributed by atoms with Crippen LogP contribution >= 0.6 is 0 Å². The standard InChI is InChI=1S/C20H15NO7/c1-11(21-18(23)13-4-2-3-5-14(13)19(21)24)20(25)26-9-15(22)12-6-7-16-17(8-12)28-10-27-16/h2-8,11H,9-10H2,1H3/t11-/m1/s1. The summed E-state index contributed by atoms with van der Waals surface area (Å²) in [4.78, 5) is 50.3. The third kappa shape index (κ3) is 2.88. The van der Waals surface area contributed by atoms with E-state index in [9.17, 15) is 19.2 Å². The molecule has 0 bridgehead atoms. The second-order valence-corrected chi connectivity index (χ2v) is 6.30. The fourth-order valence-electron chi connectivity index (χ4n) is 3.08. The van der Waals surface area contributed by atoms with E-state index in [1.165, 1.54) is 31.2 Å². The van der Waals surface area contributed by atoms with Gasteiger partial charge in [0.05, 0.1) is 11.1 Å². The molecule has 0 aliphatic carbocycles. The molecule has 142 valence electrons. The number of carbonyl (C=O) groups excluding carboxylic acids is 4. The maximum atomic E-state index is 12.4. The van der Waals surface area contributed by atoms with Crippen molar-refractivity contribution in [3.8, 4) is 11.5 Å². The van der Waals surface area contributed by atoms with Crippen molar-refractivity contribution in [2.45, 2.75) is 13.0 Å². The van der Waals surface area contributed by atoms with Crippen LogP contribution in [0.25, 0.3) is 0 Å². The lowest BCUT2D eigenvalue weighted by Crippen LogP contribution is -2.44. The van der Waals surface area contributed by atoms with Crippen molar-refractivity contribution in [3.05, 3.63) is 59.2 Å². The van der Waals surface area contributed by atoms with E-state index in [4.69, 9.17) is 14.2 Å². The monoisotopic (exact) mass is 381 g/mol. The van der Waals surface area contributed by atoms with Gasteiger partial charge in [-0.05, 0) is 37.3 Å². The van der Waals surface area contributed by atoms with Crippen molar-refractivity contribution >= 4 is 23.6 Å². The molecule has 2 heterocycles. The number of ketones is 1. The van der Waals surface area contributed by atoms with E-state index in [2.05, 4.69) is 0 Å². The zero-order chi connectivity index (χ0) is 19.8. The van der Waals surface area contributed by atoms with Crippen LogP contribution in [0.1, 0.15) is 38.0 Å². The van der Waals surface area contributed by atoms with Gasteiger partial charge in [-0.3, -0.25) is 19.3 Å².